The van der Waals surface area contributed by atoms with Crippen LogP contribution in [0, 0.1) is 5.92 Å². The number of ether oxygens (including phenoxy) is 1. The van der Waals surface area contributed by atoms with Crippen LogP contribution in [-0.4, -0.2) is 17.5 Å². The molecule has 0 heterocycles. The Balaban J connectivity index is 1.66. The summed E-state index contributed by atoms with van der Waals surface area (Å²) in [6, 6.07) is 0. The Bertz CT molecular complexity index is 171. The normalized spacial score (nSPS) is 26.4. The van der Waals surface area contributed by atoms with E-state index in [2.05, 4.69) is 15.9 Å². The fraction of sp³-hybridized carbons (Fsp3) is 1.00. The Kier molecular flexibility index (Phi) is 3.89. The zero-order valence-electron chi connectivity index (χ0n) is 8.93. The summed E-state index contributed by atoms with van der Waals surface area (Å²) < 4.78 is 6.10. The van der Waals surface area contributed by atoms with E-state index in [1.807, 2.05) is 0 Å². The van der Waals surface area contributed by atoms with Crippen molar-refractivity contribution in [2.24, 2.45) is 5.92 Å². The second kappa shape index (κ2) is 4.98. The number of halogens is 1. The van der Waals surface area contributed by atoms with E-state index in [4.69, 9.17) is 4.74 Å². The molecule has 0 aromatic carbocycles. The molecule has 2 fully saturated rings. The Morgan fingerprint density at radius 1 is 1.14 bits per heavy atom. The molecule has 0 aromatic heterocycles. The van der Waals surface area contributed by atoms with E-state index in [9.17, 15) is 0 Å². The summed E-state index contributed by atoms with van der Waals surface area (Å²) in [7, 11) is 0. The van der Waals surface area contributed by atoms with Crippen molar-refractivity contribution in [3.63, 3.8) is 0 Å². The molecule has 0 atom stereocenters. The van der Waals surface area contributed by atoms with Crippen molar-refractivity contribution in [3.8, 4) is 0 Å². The van der Waals surface area contributed by atoms with Gasteiger partial charge in [0.15, 0.2) is 0 Å². The molecule has 1 nitrogen and oxygen atoms in total. The van der Waals surface area contributed by atoms with Crippen LogP contribution in [0.2, 0.25) is 0 Å². The van der Waals surface area contributed by atoms with Crippen molar-refractivity contribution in [1.82, 2.24) is 0 Å². The minimum Gasteiger partial charge on any atom is -0.374 e. The Labute approximate surface area is 95.7 Å². The third-order valence-electron chi connectivity index (χ3n) is 3.92. The van der Waals surface area contributed by atoms with Crippen LogP contribution < -0.4 is 0 Å². The molecule has 82 valence electrons. The van der Waals surface area contributed by atoms with Gasteiger partial charge >= 0.3 is 0 Å². The molecule has 0 aromatic rings. The van der Waals surface area contributed by atoms with Gasteiger partial charge in [0.2, 0.25) is 0 Å². The molecular weight excluding hydrogens is 240 g/mol. The summed E-state index contributed by atoms with van der Waals surface area (Å²) in [5.74, 6) is 0.990. The summed E-state index contributed by atoms with van der Waals surface area (Å²) in [5.41, 5.74) is 0.212. The number of rotatable bonds is 5. The van der Waals surface area contributed by atoms with Crippen LogP contribution in [0.1, 0.15) is 51.4 Å². The highest BCUT2D eigenvalue weighted by atomic mass is 79.9. The minimum absolute atomic E-state index is 0.212. The van der Waals surface area contributed by atoms with E-state index in [-0.39, 0.29) is 5.60 Å². The topological polar surface area (TPSA) is 9.23 Å². The standard InChI is InChI=1S/C12H21BrO/c13-10-12(7-1-2-8-12)14-9-6-11-4-3-5-11/h11H,1-10H2. The molecule has 2 saturated carbocycles. The molecule has 2 aliphatic rings. The van der Waals surface area contributed by atoms with Gasteiger partial charge in [-0.15, -0.1) is 0 Å². The van der Waals surface area contributed by atoms with E-state index in [1.165, 1.54) is 51.4 Å². The Hall–Kier alpha value is 0.440. The lowest BCUT2D eigenvalue weighted by atomic mass is 9.83. The molecule has 0 radical (unpaired) electrons. The largest absolute Gasteiger partial charge is 0.374 e. The zero-order chi connectivity index (χ0) is 9.86. The van der Waals surface area contributed by atoms with E-state index in [0.717, 1.165) is 17.9 Å². The highest BCUT2D eigenvalue weighted by Crippen LogP contribution is 2.36. The lowest BCUT2D eigenvalue weighted by Crippen LogP contribution is -2.32. The average Bonchev–Trinajstić information content (AvgIpc) is 2.59. The van der Waals surface area contributed by atoms with Gasteiger partial charge in [0.25, 0.3) is 0 Å². The number of hydrogen-bond acceptors (Lipinski definition) is 1. The van der Waals surface area contributed by atoms with Gasteiger partial charge in [-0.2, -0.15) is 0 Å². The van der Waals surface area contributed by atoms with Gasteiger partial charge in [-0.25, -0.2) is 0 Å². The van der Waals surface area contributed by atoms with Gasteiger partial charge in [0, 0.05) is 11.9 Å². The third kappa shape index (κ3) is 2.52. The van der Waals surface area contributed by atoms with Gasteiger partial charge in [-0.05, 0) is 25.2 Å². The fourth-order valence-electron chi connectivity index (χ4n) is 2.56. The highest BCUT2D eigenvalue weighted by molar-refractivity contribution is 9.09. The van der Waals surface area contributed by atoms with Crippen LogP contribution in [0.3, 0.4) is 0 Å². The van der Waals surface area contributed by atoms with E-state index in [0.29, 0.717) is 0 Å². The predicted molar refractivity (Wildman–Crippen MR) is 62.9 cm³/mol. The van der Waals surface area contributed by atoms with Crippen LogP contribution in [0.5, 0.6) is 0 Å². The molecule has 0 aliphatic heterocycles. The number of hydrogen-bond donors (Lipinski definition) is 0. The summed E-state index contributed by atoms with van der Waals surface area (Å²) in [6.45, 7) is 0.996. The first-order valence-corrected chi connectivity index (χ1v) is 7.17. The van der Waals surface area contributed by atoms with Crippen LogP contribution in [0.25, 0.3) is 0 Å². The Morgan fingerprint density at radius 3 is 2.36 bits per heavy atom. The third-order valence-corrected chi connectivity index (χ3v) is 4.94. The molecule has 0 saturated heterocycles. The lowest BCUT2D eigenvalue weighted by Gasteiger charge is -2.30. The van der Waals surface area contributed by atoms with Gasteiger partial charge in [-0.1, -0.05) is 48.0 Å². The van der Waals surface area contributed by atoms with Crippen LogP contribution in [-0.2, 0) is 4.74 Å². The van der Waals surface area contributed by atoms with Crippen LogP contribution in [0.4, 0.5) is 0 Å². The second-order valence-electron chi connectivity index (χ2n) is 4.96. The van der Waals surface area contributed by atoms with Gasteiger partial charge in [0.1, 0.15) is 0 Å². The smallest absolute Gasteiger partial charge is 0.0778 e. The maximum Gasteiger partial charge on any atom is 0.0778 e. The monoisotopic (exact) mass is 260 g/mol. The lowest BCUT2D eigenvalue weighted by molar-refractivity contribution is -0.0305. The first-order valence-electron chi connectivity index (χ1n) is 6.05. The molecule has 2 heteroatoms. The van der Waals surface area contributed by atoms with Gasteiger partial charge < -0.3 is 4.74 Å². The molecule has 0 N–H and O–H groups in total. The van der Waals surface area contributed by atoms with Crippen molar-refractivity contribution in [2.75, 3.05) is 11.9 Å². The molecule has 14 heavy (non-hydrogen) atoms. The Morgan fingerprint density at radius 2 is 1.86 bits per heavy atom. The van der Waals surface area contributed by atoms with Gasteiger partial charge in [-0.3, -0.25) is 0 Å². The molecule has 0 amide bonds. The summed E-state index contributed by atoms with van der Waals surface area (Å²) in [6.07, 6.45) is 10.9. The second-order valence-corrected chi connectivity index (χ2v) is 5.52. The molecule has 0 unspecified atom stereocenters. The summed E-state index contributed by atoms with van der Waals surface area (Å²) in [4.78, 5) is 0. The maximum atomic E-state index is 6.10. The highest BCUT2D eigenvalue weighted by Gasteiger charge is 2.33. The molecule has 2 rings (SSSR count). The van der Waals surface area contributed by atoms with E-state index < -0.39 is 0 Å². The van der Waals surface area contributed by atoms with Gasteiger partial charge in [0.05, 0.1) is 5.60 Å². The first-order chi connectivity index (χ1) is 6.85. The summed E-state index contributed by atoms with van der Waals surface area (Å²) >= 11 is 3.61. The fourth-order valence-corrected chi connectivity index (χ4v) is 3.28. The zero-order valence-corrected chi connectivity index (χ0v) is 10.5. The maximum absolute atomic E-state index is 6.10. The molecule has 0 bridgehead atoms. The molecule has 0 spiro atoms. The van der Waals surface area contributed by atoms with Crippen LogP contribution >= 0.6 is 15.9 Å². The average molecular weight is 261 g/mol. The quantitative estimate of drug-likeness (QED) is 0.682. The van der Waals surface area contributed by atoms with Crippen molar-refractivity contribution in [2.45, 2.75) is 57.0 Å². The van der Waals surface area contributed by atoms with E-state index in [1.54, 1.807) is 0 Å². The van der Waals surface area contributed by atoms with Crippen LogP contribution in [0.15, 0.2) is 0 Å². The van der Waals surface area contributed by atoms with Crippen molar-refractivity contribution < 1.29 is 4.74 Å². The first kappa shape index (κ1) is 10.9. The molecular formula is C12H21BrO. The number of alkyl halides is 1. The SMILES string of the molecule is BrCC1(OCCC2CCC2)CCCC1. The van der Waals surface area contributed by atoms with Crippen molar-refractivity contribution in [1.29, 1.82) is 0 Å². The predicted octanol–water partition coefficient (Wildman–Crippen LogP) is 3.90. The van der Waals surface area contributed by atoms with E-state index >= 15 is 0 Å². The minimum atomic E-state index is 0.212. The summed E-state index contributed by atoms with van der Waals surface area (Å²) in [5, 5.41) is 1.03. The molecule has 2 aliphatic carbocycles. The van der Waals surface area contributed by atoms with Crippen molar-refractivity contribution in [3.05, 3.63) is 0 Å². The van der Waals surface area contributed by atoms with Crippen molar-refractivity contribution >= 4 is 15.9 Å².